The maximum atomic E-state index is 12.8. The van der Waals surface area contributed by atoms with Crippen LogP contribution in [0.4, 0.5) is 0 Å². The van der Waals surface area contributed by atoms with Crippen molar-refractivity contribution in [3.8, 4) is 0 Å². The topological polar surface area (TPSA) is 66.5 Å². The number of hydrogen-bond acceptors (Lipinski definition) is 4. The second-order valence-electron chi connectivity index (χ2n) is 7.04. The highest BCUT2D eigenvalue weighted by atomic mass is 32.2. The molecule has 3 rings (SSSR count). The van der Waals surface area contributed by atoms with Gasteiger partial charge in [-0.05, 0) is 49.3 Å². The summed E-state index contributed by atoms with van der Waals surface area (Å²) in [6, 6.07) is 11.3. The van der Waals surface area contributed by atoms with Crippen molar-refractivity contribution in [3.05, 3.63) is 52.9 Å². The normalized spacial score (nSPS) is 21.5. The molecule has 1 aliphatic heterocycles. The average molecular weight is 393 g/mol. The Kier molecular flexibility index (Phi) is 5.50. The Morgan fingerprint density at radius 3 is 2.73 bits per heavy atom. The van der Waals surface area contributed by atoms with Crippen LogP contribution in [-0.4, -0.2) is 31.7 Å². The third-order valence-corrected chi connectivity index (χ3v) is 8.22. The Hall–Kier alpha value is -1.70. The molecule has 0 bridgehead atoms. The first-order valence-corrected chi connectivity index (χ1v) is 11.0. The van der Waals surface area contributed by atoms with E-state index in [-0.39, 0.29) is 12.5 Å². The summed E-state index contributed by atoms with van der Waals surface area (Å²) in [5.74, 6) is -0.0909. The molecular weight excluding hydrogens is 368 g/mol. The summed E-state index contributed by atoms with van der Waals surface area (Å²) in [6.45, 7) is 5.00. The van der Waals surface area contributed by atoms with E-state index in [2.05, 4.69) is 5.32 Å². The van der Waals surface area contributed by atoms with Crippen molar-refractivity contribution in [1.29, 1.82) is 0 Å². The van der Waals surface area contributed by atoms with Gasteiger partial charge in [0, 0.05) is 19.6 Å². The summed E-state index contributed by atoms with van der Waals surface area (Å²) < 4.78 is 27.4. The Bertz CT molecular complexity index is 878. The van der Waals surface area contributed by atoms with Crippen LogP contribution >= 0.6 is 11.3 Å². The number of nitrogens with zero attached hydrogens (tertiary/aromatic N) is 1. The van der Waals surface area contributed by atoms with Gasteiger partial charge in [-0.15, -0.1) is 11.3 Å². The smallest absolute Gasteiger partial charge is 0.252 e. The second kappa shape index (κ2) is 7.50. The average Bonchev–Trinajstić information content (AvgIpc) is 3.16. The lowest BCUT2D eigenvalue weighted by atomic mass is 9.82. The molecule has 0 unspecified atom stereocenters. The van der Waals surface area contributed by atoms with Crippen LogP contribution in [0.15, 0.2) is 46.0 Å². The summed E-state index contributed by atoms with van der Waals surface area (Å²) in [5, 5.41) is 4.75. The number of carbonyl (C=O) groups excluding carboxylic acids is 1. The third kappa shape index (κ3) is 3.84. The van der Waals surface area contributed by atoms with Crippen LogP contribution in [0.3, 0.4) is 0 Å². The number of thiophene rings is 1. The van der Waals surface area contributed by atoms with Gasteiger partial charge in [0.1, 0.15) is 4.21 Å². The van der Waals surface area contributed by atoms with E-state index < -0.39 is 15.4 Å². The van der Waals surface area contributed by atoms with E-state index in [1.807, 2.05) is 38.1 Å². The zero-order valence-corrected chi connectivity index (χ0v) is 16.7. The molecule has 1 amide bonds. The number of rotatable bonds is 5. The lowest BCUT2D eigenvalue weighted by Gasteiger charge is -2.38. The molecule has 2 aromatic rings. The summed E-state index contributed by atoms with van der Waals surface area (Å²) >= 11 is 1.21. The highest BCUT2D eigenvalue weighted by Crippen LogP contribution is 2.33. The van der Waals surface area contributed by atoms with Crippen LogP contribution in [0.2, 0.25) is 0 Å². The number of hydrogen-bond donors (Lipinski definition) is 1. The Morgan fingerprint density at radius 2 is 2.04 bits per heavy atom. The fourth-order valence-electron chi connectivity index (χ4n) is 3.32. The maximum Gasteiger partial charge on any atom is 0.252 e. The molecule has 140 valence electrons. The van der Waals surface area contributed by atoms with Gasteiger partial charge in [-0.2, -0.15) is 4.31 Å². The minimum Gasteiger partial charge on any atom is -0.352 e. The molecule has 0 spiro atoms. The minimum absolute atomic E-state index is 0.0909. The van der Waals surface area contributed by atoms with Gasteiger partial charge in [-0.3, -0.25) is 4.79 Å². The van der Waals surface area contributed by atoms with Crippen LogP contribution in [0, 0.1) is 12.3 Å². The van der Waals surface area contributed by atoms with E-state index in [9.17, 15) is 13.2 Å². The lowest BCUT2D eigenvalue weighted by Crippen LogP contribution is -2.51. The zero-order chi connectivity index (χ0) is 18.8. The van der Waals surface area contributed by atoms with E-state index in [4.69, 9.17) is 0 Å². The molecule has 5 nitrogen and oxygen atoms in total. The van der Waals surface area contributed by atoms with Gasteiger partial charge in [-0.25, -0.2) is 8.42 Å². The third-order valence-electron chi connectivity index (χ3n) is 5.00. The number of aryl methyl sites for hydroxylation is 1. The first-order chi connectivity index (χ1) is 12.3. The molecule has 0 saturated carbocycles. The van der Waals surface area contributed by atoms with E-state index in [0.29, 0.717) is 30.1 Å². The quantitative estimate of drug-likeness (QED) is 0.850. The molecular formula is C19H24N2O3S2. The van der Waals surface area contributed by atoms with Crippen LogP contribution < -0.4 is 5.32 Å². The zero-order valence-electron chi connectivity index (χ0n) is 15.1. The number of benzene rings is 1. The second-order valence-corrected chi connectivity index (χ2v) is 10.2. The molecule has 2 heterocycles. The summed E-state index contributed by atoms with van der Waals surface area (Å²) in [7, 11) is -3.53. The largest absolute Gasteiger partial charge is 0.352 e. The molecule has 1 aromatic heterocycles. The Morgan fingerprint density at radius 1 is 1.27 bits per heavy atom. The predicted molar refractivity (Wildman–Crippen MR) is 103 cm³/mol. The van der Waals surface area contributed by atoms with Crippen LogP contribution in [0.1, 0.15) is 30.9 Å². The SMILES string of the molecule is Cc1ccccc1CNC(=O)[C@@]1(C)CCCN(S(=O)(=O)c2cccs2)C1. The number of amides is 1. The summed E-state index contributed by atoms with van der Waals surface area (Å²) in [5.41, 5.74) is 1.48. The van der Waals surface area contributed by atoms with Gasteiger partial charge >= 0.3 is 0 Å². The van der Waals surface area contributed by atoms with Crippen molar-refractivity contribution < 1.29 is 13.2 Å². The molecule has 1 N–H and O–H groups in total. The molecule has 1 saturated heterocycles. The number of carbonyl (C=O) groups is 1. The summed E-state index contributed by atoms with van der Waals surface area (Å²) in [6.07, 6.45) is 1.36. The van der Waals surface area contributed by atoms with Crippen LogP contribution in [0.5, 0.6) is 0 Å². The van der Waals surface area contributed by atoms with E-state index in [0.717, 1.165) is 11.1 Å². The van der Waals surface area contributed by atoms with Crippen molar-refractivity contribution in [1.82, 2.24) is 9.62 Å². The maximum absolute atomic E-state index is 12.8. The molecule has 26 heavy (non-hydrogen) atoms. The lowest BCUT2D eigenvalue weighted by molar-refractivity contribution is -0.132. The molecule has 1 atom stereocenters. The van der Waals surface area contributed by atoms with Gasteiger partial charge in [0.2, 0.25) is 5.91 Å². The highest BCUT2D eigenvalue weighted by Gasteiger charge is 2.42. The molecule has 1 aliphatic rings. The summed E-state index contributed by atoms with van der Waals surface area (Å²) in [4.78, 5) is 12.8. The minimum atomic E-state index is -3.53. The Labute approximate surface area is 159 Å². The van der Waals surface area contributed by atoms with Crippen molar-refractivity contribution in [3.63, 3.8) is 0 Å². The van der Waals surface area contributed by atoms with Crippen LogP contribution in [0.25, 0.3) is 0 Å². The van der Waals surface area contributed by atoms with Crippen molar-refractivity contribution in [2.45, 2.75) is 37.4 Å². The van der Waals surface area contributed by atoms with Crippen molar-refractivity contribution in [2.24, 2.45) is 5.41 Å². The van der Waals surface area contributed by atoms with Gasteiger partial charge in [0.05, 0.1) is 5.41 Å². The van der Waals surface area contributed by atoms with Crippen molar-refractivity contribution in [2.75, 3.05) is 13.1 Å². The van der Waals surface area contributed by atoms with Gasteiger partial charge in [-0.1, -0.05) is 30.3 Å². The number of piperidine rings is 1. The fraction of sp³-hybridized carbons (Fsp3) is 0.421. The first-order valence-electron chi connectivity index (χ1n) is 8.69. The molecule has 0 aliphatic carbocycles. The van der Waals surface area contributed by atoms with Crippen molar-refractivity contribution >= 4 is 27.3 Å². The first kappa shape index (κ1) is 19.1. The predicted octanol–water partition coefficient (Wildman–Crippen LogP) is 3.16. The molecule has 1 aromatic carbocycles. The molecule has 0 radical (unpaired) electrons. The number of sulfonamides is 1. The highest BCUT2D eigenvalue weighted by molar-refractivity contribution is 7.91. The van der Waals surface area contributed by atoms with Gasteiger partial charge < -0.3 is 5.32 Å². The van der Waals surface area contributed by atoms with E-state index in [1.165, 1.54) is 15.6 Å². The fourth-order valence-corrected chi connectivity index (χ4v) is 6.07. The van der Waals surface area contributed by atoms with Gasteiger partial charge in [0.25, 0.3) is 10.0 Å². The van der Waals surface area contributed by atoms with Crippen LogP contribution in [-0.2, 0) is 21.4 Å². The monoisotopic (exact) mass is 392 g/mol. The van der Waals surface area contributed by atoms with Gasteiger partial charge in [0.15, 0.2) is 0 Å². The standard InChI is InChI=1S/C19H24N2O3S2/c1-15-7-3-4-8-16(15)13-20-18(22)19(2)10-6-11-21(14-19)26(23,24)17-9-5-12-25-17/h3-5,7-9,12H,6,10-11,13-14H2,1-2H3,(H,20,22)/t19-/m0/s1. The molecule has 1 fully saturated rings. The van der Waals surface area contributed by atoms with E-state index in [1.54, 1.807) is 17.5 Å². The molecule has 7 heteroatoms. The van der Waals surface area contributed by atoms with E-state index >= 15 is 0 Å². The Balaban J connectivity index is 1.70. The number of nitrogens with one attached hydrogen (secondary N) is 1.